The van der Waals surface area contributed by atoms with E-state index in [0.29, 0.717) is 15.8 Å². The fraction of sp³-hybridized carbons (Fsp3) is 0.250. The van der Waals surface area contributed by atoms with Crippen molar-refractivity contribution in [3.05, 3.63) is 63.9 Å². The van der Waals surface area contributed by atoms with Crippen LogP contribution in [0, 0.1) is 5.82 Å². The molecular formula is C16H16BrFO2. The minimum absolute atomic E-state index is 0.0209. The van der Waals surface area contributed by atoms with Crippen molar-refractivity contribution < 1.29 is 14.2 Å². The molecule has 0 aliphatic carbocycles. The van der Waals surface area contributed by atoms with Gasteiger partial charge in [0.2, 0.25) is 0 Å². The van der Waals surface area contributed by atoms with Crippen molar-refractivity contribution in [2.24, 2.45) is 0 Å². The molecule has 0 aliphatic rings. The maximum absolute atomic E-state index is 13.9. The highest BCUT2D eigenvalue weighted by molar-refractivity contribution is 9.10. The van der Waals surface area contributed by atoms with Crippen molar-refractivity contribution in [3.8, 4) is 5.75 Å². The molecule has 0 spiro atoms. The van der Waals surface area contributed by atoms with Crippen LogP contribution in [0.15, 0.2) is 46.9 Å². The third kappa shape index (κ3) is 3.19. The highest BCUT2D eigenvalue weighted by atomic mass is 79.9. The van der Waals surface area contributed by atoms with Crippen molar-refractivity contribution in [3.63, 3.8) is 0 Å². The van der Waals surface area contributed by atoms with Crippen molar-refractivity contribution in [1.29, 1.82) is 0 Å². The Morgan fingerprint density at radius 3 is 2.45 bits per heavy atom. The summed E-state index contributed by atoms with van der Waals surface area (Å²) in [5.41, 5.74) is 0.763. The summed E-state index contributed by atoms with van der Waals surface area (Å²) in [7, 11) is 0. The zero-order valence-corrected chi connectivity index (χ0v) is 12.9. The van der Waals surface area contributed by atoms with Gasteiger partial charge in [0.25, 0.3) is 0 Å². The Hall–Kier alpha value is -1.39. The summed E-state index contributed by atoms with van der Waals surface area (Å²) in [4.78, 5) is 0. The number of hydrogen-bond acceptors (Lipinski definition) is 2. The molecule has 0 bridgehead atoms. The van der Waals surface area contributed by atoms with Gasteiger partial charge in [0, 0.05) is 15.6 Å². The number of aliphatic hydroxyl groups excluding tert-OH is 1. The highest BCUT2D eigenvalue weighted by Crippen LogP contribution is 2.35. The number of halogens is 2. The Bertz CT molecular complexity index is 579. The van der Waals surface area contributed by atoms with E-state index in [9.17, 15) is 9.50 Å². The van der Waals surface area contributed by atoms with Crippen LogP contribution < -0.4 is 4.74 Å². The van der Waals surface area contributed by atoms with Crippen LogP contribution in [0.25, 0.3) is 0 Å². The lowest BCUT2D eigenvalue weighted by atomic mass is 10.00. The molecule has 0 fully saturated rings. The summed E-state index contributed by atoms with van der Waals surface area (Å²) in [6.45, 7) is 3.81. The summed E-state index contributed by atoms with van der Waals surface area (Å²) in [6.07, 6.45) is -1.10. The summed E-state index contributed by atoms with van der Waals surface area (Å²) in [5, 5.41) is 10.5. The topological polar surface area (TPSA) is 29.5 Å². The zero-order valence-electron chi connectivity index (χ0n) is 11.3. The van der Waals surface area contributed by atoms with Gasteiger partial charge in [-0.25, -0.2) is 4.39 Å². The Morgan fingerprint density at radius 1 is 1.10 bits per heavy atom. The van der Waals surface area contributed by atoms with Gasteiger partial charge in [0.1, 0.15) is 17.7 Å². The maximum atomic E-state index is 13.9. The lowest BCUT2D eigenvalue weighted by Crippen LogP contribution is -2.11. The van der Waals surface area contributed by atoms with Gasteiger partial charge in [0.05, 0.1) is 6.10 Å². The van der Waals surface area contributed by atoms with Crippen molar-refractivity contribution >= 4 is 15.9 Å². The quantitative estimate of drug-likeness (QED) is 0.891. The van der Waals surface area contributed by atoms with E-state index in [1.54, 1.807) is 30.3 Å². The van der Waals surface area contributed by atoms with Crippen LogP contribution in [0.5, 0.6) is 5.75 Å². The molecule has 0 aliphatic heterocycles. The molecule has 1 unspecified atom stereocenters. The van der Waals surface area contributed by atoms with Gasteiger partial charge >= 0.3 is 0 Å². The van der Waals surface area contributed by atoms with Crippen LogP contribution >= 0.6 is 15.9 Å². The van der Waals surface area contributed by atoms with Crippen LogP contribution in [0.4, 0.5) is 4.39 Å². The average molecular weight is 339 g/mol. The number of aliphatic hydroxyl groups is 1. The van der Waals surface area contributed by atoms with E-state index in [-0.39, 0.29) is 11.7 Å². The van der Waals surface area contributed by atoms with Gasteiger partial charge in [-0.05, 0) is 32.0 Å². The molecule has 20 heavy (non-hydrogen) atoms. The molecule has 2 rings (SSSR count). The first-order valence-electron chi connectivity index (χ1n) is 6.38. The number of ether oxygens (including phenoxy) is 1. The van der Waals surface area contributed by atoms with Gasteiger partial charge in [-0.2, -0.15) is 0 Å². The molecule has 0 saturated heterocycles. The summed E-state index contributed by atoms with van der Waals surface area (Å²) >= 11 is 3.28. The second-order valence-corrected chi connectivity index (χ2v) is 5.60. The van der Waals surface area contributed by atoms with Gasteiger partial charge < -0.3 is 9.84 Å². The van der Waals surface area contributed by atoms with Gasteiger partial charge in [-0.15, -0.1) is 0 Å². The Morgan fingerprint density at radius 2 is 1.80 bits per heavy atom. The SMILES string of the molecule is CC(C)Oc1ccccc1C(O)c1c(F)cccc1Br. The molecule has 4 heteroatoms. The van der Waals surface area contributed by atoms with E-state index in [4.69, 9.17) is 4.74 Å². The molecule has 0 radical (unpaired) electrons. The first-order valence-corrected chi connectivity index (χ1v) is 7.17. The predicted octanol–water partition coefficient (Wildman–Crippen LogP) is 4.46. The van der Waals surface area contributed by atoms with Crippen LogP contribution in [0.2, 0.25) is 0 Å². The molecule has 1 N–H and O–H groups in total. The standard InChI is InChI=1S/C16H16BrFO2/c1-10(2)20-14-9-4-3-6-11(14)16(19)15-12(17)7-5-8-13(15)18/h3-10,16,19H,1-2H3. The first-order chi connectivity index (χ1) is 9.50. The summed E-state index contributed by atoms with van der Waals surface area (Å²) < 4.78 is 20.2. The van der Waals surface area contributed by atoms with Crippen LogP contribution in [-0.2, 0) is 0 Å². The Labute approximate surface area is 126 Å². The molecule has 2 aromatic carbocycles. The third-order valence-corrected chi connectivity index (χ3v) is 3.54. The molecule has 2 nitrogen and oxygen atoms in total. The van der Waals surface area contributed by atoms with E-state index in [0.717, 1.165) is 0 Å². The number of hydrogen-bond donors (Lipinski definition) is 1. The fourth-order valence-corrected chi connectivity index (χ4v) is 2.55. The van der Waals surface area contributed by atoms with Crippen molar-refractivity contribution in [2.75, 3.05) is 0 Å². The lowest BCUT2D eigenvalue weighted by Gasteiger charge is -2.19. The minimum Gasteiger partial charge on any atom is -0.491 e. The van der Waals surface area contributed by atoms with Gasteiger partial charge in [-0.1, -0.05) is 40.2 Å². The second-order valence-electron chi connectivity index (χ2n) is 4.74. The Kier molecular flexibility index (Phi) is 4.78. The van der Waals surface area contributed by atoms with Crippen molar-refractivity contribution in [2.45, 2.75) is 26.1 Å². The van der Waals surface area contributed by atoms with Crippen LogP contribution in [-0.4, -0.2) is 11.2 Å². The summed E-state index contributed by atoms with van der Waals surface area (Å²) in [5.74, 6) is 0.108. The fourth-order valence-electron chi connectivity index (χ4n) is 2.00. The van der Waals surface area contributed by atoms with Crippen molar-refractivity contribution in [1.82, 2.24) is 0 Å². The van der Waals surface area contributed by atoms with Crippen LogP contribution in [0.3, 0.4) is 0 Å². The molecule has 0 saturated carbocycles. The van der Waals surface area contributed by atoms with Gasteiger partial charge in [-0.3, -0.25) is 0 Å². The molecule has 0 amide bonds. The maximum Gasteiger partial charge on any atom is 0.130 e. The second kappa shape index (κ2) is 6.37. The molecule has 106 valence electrons. The number of rotatable bonds is 4. The number of benzene rings is 2. The molecule has 0 aromatic heterocycles. The number of para-hydroxylation sites is 1. The normalized spacial score (nSPS) is 12.5. The van der Waals surface area contributed by atoms with E-state index in [1.165, 1.54) is 6.07 Å². The van der Waals surface area contributed by atoms with E-state index in [1.807, 2.05) is 19.9 Å². The lowest BCUT2D eigenvalue weighted by molar-refractivity contribution is 0.194. The Balaban J connectivity index is 2.46. The first kappa shape index (κ1) is 15.0. The smallest absolute Gasteiger partial charge is 0.130 e. The monoisotopic (exact) mass is 338 g/mol. The van der Waals surface area contributed by atoms with E-state index in [2.05, 4.69) is 15.9 Å². The highest BCUT2D eigenvalue weighted by Gasteiger charge is 2.21. The van der Waals surface area contributed by atoms with E-state index < -0.39 is 11.9 Å². The van der Waals surface area contributed by atoms with Crippen LogP contribution in [0.1, 0.15) is 31.1 Å². The van der Waals surface area contributed by atoms with E-state index >= 15 is 0 Å². The summed E-state index contributed by atoms with van der Waals surface area (Å²) in [6, 6.07) is 11.7. The largest absolute Gasteiger partial charge is 0.491 e. The molecule has 2 aromatic rings. The molecule has 1 atom stereocenters. The third-order valence-electron chi connectivity index (χ3n) is 2.85. The molecule has 0 heterocycles. The van der Waals surface area contributed by atoms with Gasteiger partial charge in [0.15, 0.2) is 0 Å². The predicted molar refractivity (Wildman–Crippen MR) is 80.4 cm³/mol. The zero-order chi connectivity index (χ0) is 14.7. The minimum atomic E-state index is -1.08. The molecular weight excluding hydrogens is 323 g/mol. The average Bonchev–Trinajstić information content (AvgIpc) is 2.38.